The van der Waals surface area contributed by atoms with Crippen molar-refractivity contribution >= 4 is 24.0 Å². The van der Waals surface area contributed by atoms with Crippen LogP contribution in [-0.4, -0.2) is 83.3 Å². The van der Waals surface area contributed by atoms with Gasteiger partial charge in [-0.3, -0.25) is 9.59 Å². The molecule has 2 saturated heterocycles. The highest BCUT2D eigenvalue weighted by molar-refractivity contribution is 5.88. The Hall–Kier alpha value is -4.35. The summed E-state index contributed by atoms with van der Waals surface area (Å²) in [5.74, 6) is -0.728. The minimum atomic E-state index is -0.940. The second-order valence-electron chi connectivity index (χ2n) is 13.4. The van der Waals surface area contributed by atoms with E-state index >= 15 is 0 Å². The van der Waals surface area contributed by atoms with E-state index in [-0.39, 0.29) is 31.5 Å². The summed E-state index contributed by atoms with van der Waals surface area (Å²) in [5.41, 5.74) is -0.594. The molecule has 0 radical (unpaired) electrons. The summed E-state index contributed by atoms with van der Waals surface area (Å²) >= 11 is 0. The van der Waals surface area contributed by atoms with Gasteiger partial charge in [-0.2, -0.15) is 0 Å². The van der Waals surface area contributed by atoms with Crippen LogP contribution < -0.4 is 15.4 Å². The third-order valence-electron chi connectivity index (χ3n) is 7.65. The lowest BCUT2D eigenvalue weighted by Crippen LogP contribution is -2.58. The van der Waals surface area contributed by atoms with E-state index in [1.807, 2.05) is 51.1 Å². The monoisotopic (exact) mass is 626 g/mol. The first-order valence-corrected chi connectivity index (χ1v) is 15.1. The smallest absolute Gasteiger partial charge is 0.408 e. The number of nitrogens with one attached hydrogen (secondary N) is 2. The van der Waals surface area contributed by atoms with E-state index in [0.717, 1.165) is 5.56 Å². The molecule has 2 aromatic carbocycles. The summed E-state index contributed by atoms with van der Waals surface area (Å²) < 4.78 is 30.5. The molecule has 12 heteroatoms. The van der Waals surface area contributed by atoms with Crippen LogP contribution in [0.25, 0.3) is 0 Å². The Morgan fingerprint density at radius 2 is 1.60 bits per heavy atom. The lowest BCUT2D eigenvalue weighted by atomic mass is 9.85. The first kappa shape index (κ1) is 33.5. The van der Waals surface area contributed by atoms with Gasteiger partial charge in [0.15, 0.2) is 0 Å². The number of alkyl carbamates (subject to hydrolysis) is 2. The Morgan fingerprint density at radius 3 is 2.22 bits per heavy atom. The van der Waals surface area contributed by atoms with Crippen molar-refractivity contribution in [2.75, 3.05) is 19.6 Å². The van der Waals surface area contributed by atoms with Crippen LogP contribution in [0, 0.1) is 11.2 Å². The van der Waals surface area contributed by atoms with Gasteiger partial charge in [-0.25, -0.2) is 14.0 Å². The largest absolute Gasteiger partial charge is 0.486 e. The molecule has 0 saturated carbocycles. The molecule has 0 aliphatic carbocycles. The van der Waals surface area contributed by atoms with E-state index in [9.17, 15) is 23.6 Å². The van der Waals surface area contributed by atoms with Gasteiger partial charge in [0.25, 0.3) is 0 Å². The topological polar surface area (TPSA) is 127 Å². The molecule has 4 rings (SSSR count). The molecule has 2 heterocycles. The number of nitrogens with zero attached hydrogens (tertiary/aromatic N) is 2. The number of hydrogen-bond acceptors (Lipinski definition) is 7. The highest BCUT2D eigenvalue weighted by atomic mass is 19.1. The number of rotatable bonds is 8. The maximum absolute atomic E-state index is 14.2. The third-order valence-corrected chi connectivity index (χ3v) is 7.65. The van der Waals surface area contributed by atoms with E-state index in [2.05, 4.69) is 10.6 Å². The summed E-state index contributed by atoms with van der Waals surface area (Å²) in [5, 5.41) is 5.27. The normalized spacial score (nSPS) is 20.2. The Balaban J connectivity index is 1.51. The van der Waals surface area contributed by atoms with Crippen molar-refractivity contribution in [3.05, 3.63) is 66.0 Å². The average molecular weight is 627 g/mol. The van der Waals surface area contributed by atoms with Crippen LogP contribution in [0.5, 0.6) is 5.75 Å². The summed E-state index contributed by atoms with van der Waals surface area (Å²) in [7, 11) is 0. The number of halogens is 1. The van der Waals surface area contributed by atoms with Crippen molar-refractivity contribution in [3.63, 3.8) is 0 Å². The second kappa shape index (κ2) is 13.7. The molecule has 2 N–H and O–H groups in total. The molecular formula is C33H43FN4O7. The lowest BCUT2D eigenvalue weighted by molar-refractivity contribution is -0.138. The molecule has 45 heavy (non-hydrogen) atoms. The maximum atomic E-state index is 14.2. The Labute approximate surface area is 263 Å². The number of benzene rings is 2. The molecule has 0 unspecified atom stereocenters. The summed E-state index contributed by atoms with van der Waals surface area (Å²) in [4.78, 5) is 55.9. The molecule has 2 aliphatic heterocycles. The van der Waals surface area contributed by atoms with Gasteiger partial charge in [0.2, 0.25) is 11.8 Å². The van der Waals surface area contributed by atoms with E-state index < -0.39 is 53.2 Å². The zero-order valence-corrected chi connectivity index (χ0v) is 26.7. The number of carbonyl (C=O) groups excluding carboxylic acids is 4. The zero-order valence-electron chi connectivity index (χ0n) is 26.7. The molecule has 0 bridgehead atoms. The van der Waals surface area contributed by atoms with Gasteiger partial charge in [-0.15, -0.1) is 0 Å². The number of carbonyl (C=O) groups is 4. The zero-order chi connectivity index (χ0) is 32.9. The molecule has 0 spiro atoms. The lowest BCUT2D eigenvalue weighted by Gasteiger charge is -2.36. The number of likely N-dealkylation sites (tertiary alicyclic amines) is 2. The van der Waals surface area contributed by atoms with Crippen LogP contribution in [0.15, 0.2) is 54.6 Å². The van der Waals surface area contributed by atoms with Gasteiger partial charge < -0.3 is 34.6 Å². The molecule has 0 aromatic heterocycles. The fourth-order valence-electron chi connectivity index (χ4n) is 5.62. The van der Waals surface area contributed by atoms with Gasteiger partial charge in [0, 0.05) is 6.54 Å². The third kappa shape index (κ3) is 8.86. The number of ether oxygens (including phenoxy) is 3. The van der Waals surface area contributed by atoms with Crippen LogP contribution >= 0.6 is 0 Å². The van der Waals surface area contributed by atoms with E-state index in [4.69, 9.17) is 14.2 Å². The van der Waals surface area contributed by atoms with Crippen molar-refractivity contribution in [2.45, 2.75) is 84.4 Å². The van der Waals surface area contributed by atoms with E-state index in [0.29, 0.717) is 18.7 Å². The molecule has 2 fully saturated rings. The summed E-state index contributed by atoms with van der Waals surface area (Å²) in [6.45, 7) is 10.9. The Morgan fingerprint density at radius 1 is 0.933 bits per heavy atom. The fraction of sp³-hybridized carbons (Fsp3) is 0.515. The van der Waals surface area contributed by atoms with Crippen molar-refractivity contribution in [2.24, 2.45) is 5.41 Å². The van der Waals surface area contributed by atoms with Crippen LogP contribution in [0.4, 0.5) is 14.0 Å². The molecule has 2 aliphatic rings. The van der Waals surface area contributed by atoms with Gasteiger partial charge in [0.1, 0.15) is 42.5 Å². The van der Waals surface area contributed by atoms with Gasteiger partial charge in [-0.05, 0) is 62.4 Å². The van der Waals surface area contributed by atoms with Gasteiger partial charge in [-0.1, -0.05) is 51.1 Å². The summed E-state index contributed by atoms with van der Waals surface area (Å²) in [6.07, 6.45) is -1.62. The summed E-state index contributed by atoms with van der Waals surface area (Å²) in [6, 6.07) is 12.8. The van der Waals surface area contributed by atoms with Crippen molar-refractivity contribution < 1.29 is 37.8 Å². The average Bonchev–Trinajstić information content (AvgIpc) is 3.55. The molecule has 244 valence electrons. The molecule has 4 amide bonds. The van der Waals surface area contributed by atoms with Crippen molar-refractivity contribution in [3.8, 4) is 5.75 Å². The van der Waals surface area contributed by atoms with Crippen LogP contribution in [-0.2, 0) is 25.7 Å². The fourth-order valence-corrected chi connectivity index (χ4v) is 5.62. The molecule has 4 atom stereocenters. The quantitative estimate of drug-likeness (QED) is 0.449. The minimum Gasteiger partial charge on any atom is -0.486 e. The predicted molar refractivity (Wildman–Crippen MR) is 164 cm³/mol. The molecule has 11 nitrogen and oxygen atoms in total. The molecular weight excluding hydrogens is 583 g/mol. The minimum absolute atomic E-state index is 0.0497. The first-order valence-electron chi connectivity index (χ1n) is 15.1. The number of hydrogen-bond donors (Lipinski definition) is 2. The number of amides is 4. The second-order valence-corrected chi connectivity index (χ2v) is 13.4. The Bertz CT molecular complexity index is 1360. The highest BCUT2D eigenvalue weighted by Crippen LogP contribution is 2.36. The number of fused-ring (bicyclic) bond motifs is 1. The van der Waals surface area contributed by atoms with Crippen molar-refractivity contribution in [1.82, 2.24) is 20.4 Å². The van der Waals surface area contributed by atoms with Gasteiger partial charge >= 0.3 is 12.2 Å². The van der Waals surface area contributed by atoms with Crippen molar-refractivity contribution in [1.29, 1.82) is 0 Å². The van der Waals surface area contributed by atoms with Gasteiger partial charge in [0.05, 0.1) is 18.6 Å². The van der Waals surface area contributed by atoms with Crippen LogP contribution in [0.3, 0.4) is 0 Å². The molecule has 2 aromatic rings. The Kier molecular flexibility index (Phi) is 10.2. The highest BCUT2D eigenvalue weighted by Gasteiger charge is 2.54. The standard InChI is InChI=1S/C33H43FN4O7/c1-32(2,3)28(36-31(42)43-20-21-10-8-7-9-11-21)29(40)37-17-16-24-27(37)25(44-23-14-12-22(34)13-15-23)19-38(24)26(39)18-35-30(41)45-33(4,5)6/h7-15,24-25,27-28H,16-20H2,1-6H3,(H,35,41)(H,36,42)/t24-,25+,27+,28-/m1/s1. The van der Waals surface area contributed by atoms with E-state index in [1.165, 1.54) is 24.3 Å². The van der Waals surface area contributed by atoms with Crippen LogP contribution in [0.1, 0.15) is 53.5 Å². The SMILES string of the molecule is CC(C)(C)OC(=O)NCC(=O)N1C[C@H](Oc2ccc(F)cc2)[C@@H]2[C@H]1CCN2C(=O)[C@@H](NC(=O)OCc1ccccc1)C(C)(C)C. The predicted octanol–water partition coefficient (Wildman–Crippen LogP) is 4.25. The van der Waals surface area contributed by atoms with Crippen LogP contribution in [0.2, 0.25) is 0 Å². The maximum Gasteiger partial charge on any atom is 0.408 e. The van der Waals surface area contributed by atoms with E-state index in [1.54, 1.807) is 30.6 Å². The first-order chi connectivity index (χ1) is 21.1.